The number of halogens is 1. The lowest BCUT2D eigenvalue weighted by atomic mass is 10.1. The van der Waals surface area contributed by atoms with Gasteiger partial charge in [-0.1, -0.05) is 30.3 Å². The quantitative estimate of drug-likeness (QED) is 0.641. The van der Waals surface area contributed by atoms with E-state index in [1.165, 1.54) is 5.69 Å². The Hall–Kier alpha value is -1.32. The van der Waals surface area contributed by atoms with Gasteiger partial charge in [-0.2, -0.15) is 5.10 Å². The summed E-state index contributed by atoms with van der Waals surface area (Å²) in [4.78, 5) is 0. The van der Waals surface area contributed by atoms with Crippen LogP contribution in [-0.2, 0) is 13.5 Å². The molecule has 2 rings (SSSR count). The molecule has 18 heavy (non-hydrogen) atoms. The molecule has 0 aliphatic heterocycles. The number of nitrogens with zero attached hydrogens (tertiary/aromatic N) is 2. The molecule has 0 aliphatic rings. The molecule has 0 aliphatic carbocycles. The van der Waals surface area contributed by atoms with Gasteiger partial charge in [-0.05, 0) is 11.6 Å². The minimum atomic E-state index is 0.0257. The second kappa shape index (κ2) is 6.57. The standard InChI is InChI=1S/C14H18ClN3/c1-18-13(8-10-17-18)7-9-16-11-14(15)12-5-3-2-4-6-12/h2-6,8,10,14,16H,7,9,11H2,1H3. The molecule has 0 spiro atoms. The van der Waals surface area contributed by atoms with Crippen LogP contribution in [0.15, 0.2) is 42.6 Å². The Labute approximate surface area is 113 Å². The van der Waals surface area contributed by atoms with Crippen LogP contribution >= 0.6 is 11.6 Å². The molecule has 0 saturated heterocycles. The molecular weight excluding hydrogens is 246 g/mol. The monoisotopic (exact) mass is 263 g/mol. The van der Waals surface area contributed by atoms with Crippen LogP contribution in [0.3, 0.4) is 0 Å². The smallest absolute Gasteiger partial charge is 0.0709 e. The second-order valence-corrected chi connectivity index (χ2v) is 4.81. The fourth-order valence-electron chi connectivity index (χ4n) is 1.87. The van der Waals surface area contributed by atoms with Crippen LogP contribution in [0.5, 0.6) is 0 Å². The van der Waals surface area contributed by atoms with Gasteiger partial charge in [0.25, 0.3) is 0 Å². The molecule has 0 saturated carbocycles. The SMILES string of the molecule is Cn1nccc1CCNCC(Cl)c1ccccc1. The Morgan fingerprint density at radius 2 is 2.06 bits per heavy atom. The van der Waals surface area contributed by atoms with Crippen LogP contribution in [0.1, 0.15) is 16.6 Å². The van der Waals surface area contributed by atoms with Crippen LogP contribution in [0, 0.1) is 0 Å². The van der Waals surface area contributed by atoms with E-state index in [2.05, 4.69) is 22.5 Å². The van der Waals surface area contributed by atoms with Gasteiger partial charge in [-0.15, -0.1) is 11.6 Å². The number of aromatic nitrogens is 2. The summed E-state index contributed by atoms with van der Waals surface area (Å²) in [5.41, 5.74) is 2.39. The first kappa shape index (κ1) is 13.1. The lowest BCUT2D eigenvalue weighted by Gasteiger charge is -2.11. The topological polar surface area (TPSA) is 29.9 Å². The minimum Gasteiger partial charge on any atom is -0.315 e. The van der Waals surface area contributed by atoms with Crippen molar-refractivity contribution in [3.05, 3.63) is 53.9 Å². The van der Waals surface area contributed by atoms with E-state index in [0.29, 0.717) is 0 Å². The number of alkyl halides is 1. The van der Waals surface area contributed by atoms with Crippen molar-refractivity contribution < 1.29 is 0 Å². The number of hydrogen-bond donors (Lipinski definition) is 1. The molecule has 1 aromatic heterocycles. The largest absolute Gasteiger partial charge is 0.315 e. The number of hydrogen-bond acceptors (Lipinski definition) is 2. The van der Waals surface area contributed by atoms with E-state index in [1.807, 2.05) is 42.2 Å². The number of aryl methyl sites for hydroxylation is 1. The van der Waals surface area contributed by atoms with Gasteiger partial charge in [0.15, 0.2) is 0 Å². The third kappa shape index (κ3) is 3.59. The van der Waals surface area contributed by atoms with E-state index in [-0.39, 0.29) is 5.38 Å². The zero-order valence-electron chi connectivity index (χ0n) is 10.5. The van der Waals surface area contributed by atoms with E-state index in [1.54, 1.807) is 0 Å². The zero-order valence-corrected chi connectivity index (χ0v) is 11.3. The van der Waals surface area contributed by atoms with Crippen LogP contribution < -0.4 is 5.32 Å². The van der Waals surface area contributed by atoms with Gasteiger partial charge in [-0.3, -0.25) is 4.68 Å². The molecule has 1 heterocycles. The van der Waals surface area contributed by atoms with Gasteiger partial charge in [0.1, 0.15) is 0 Å². The van der Waals surface area contributed by atoms with Crippen LogP contribution in [0.25, 0.3) is 0 Å². The predicted octanol–water partition coefficient (Wildman–Crippen LogP) is 2.53. The third-order valence-electron chi connectivity index (χ3n) is 2.97. The zero-order chi connectivity index (χ0) is 12.8. The number of nitrogens with one attached hydrogen (secondary N) is 1. The van der Waals surface area contributed by atoms with Crippen molar-refractivity contribution >= 4 is 11.6 Å². The minimum absolute atomic E-state index is 0.0257. The van der Waals surface area contributed by atoms with Crippen molar-refractivity contribution in [2.75, 3.05) is 13.1 Å². The molecule has 3 nitrogen and oxygen atoms in total. The summed E-state index contributed by atoms with van der Waals surface area (Å²) in [6, 6.07) is 12.2. The normalized spacial score (nSPS) is 12.6. The number of benzene rings is 1. The molecule has 96 valence electrons. The maximum atomic E-state index is 6.32. The molecule has 1 unspecified atom stereocenters. The first-order chi connectivity index (χ1) is 8.77. The first-order valence-electron chi connectivity index (χ1n) is 6.14. The van der Waals surface area contributed by atoms with E-state index >= 15 is 0 Å². The van der Waals surface area contributed by atoms with E-state index in [0.717, 1.165) is 25.1 Å². The van der Waals surface area contributed by atoms with Gasteiger partial charge in [-0.25, -0.2) is 0 Å². The summed E-state index contributed by atoms with van der Waals surface area (Å²) in [5.74, 6) is 0. The van der Waals surface area contributed by atoms with Gasteiger partial charge < -0.3 is 5.32 Å². The molecular formula is C14H18ClN3. The van der Waals surface area contributed by atoms with E-state index < -0.39 is 0 Å². The van der Waals surface area contributed by atoms with Gasteiger partial charge in [0, 0.05) is 38.4 Å². The summed E-state index contributed by atoms with van der Waals surface area (Å²) < 4.78 is 1.90. The highest BCUT2D eigenvalue weighted by Crippen LogP contribution is 2.18. The Kier molecular flexibility index (Phi) is 4.79. The summed E-state index contributed by atoms with van der Waals surface area (Å²) in [6.45, 7) is 1.69. The summed E-state index contributed by atoms with van der Waals surface area (Å²) in [7, 11) is 1.96. The molecule has 1 N–H and O–H groups in total. The lowest BCUT2D eigenvalue weighted by molar-refractivity contribution is 0.636. The van der Waals surface area contributed by atoms with Crippen molar-refractivity contribution in [2.45, 2.75) is 11.8 Å². The molecule has 0 amide bonds. The molecule has 0 radical (unpaired) electrons. The first-order valence-corrected chi connectivity index (χ1v) is 6.57. The van der Waals surface area contributed by atoms with Gasteiger partial charge in [0.2, 0.25) is 0 Å². The molecule has 0 bridgehead atoms. The number of rotatable bonds is 6. The van der Waals surface area contributed by atoms with E-state index in [9.17, 15) is 0 Å². The molecule has 0 fully saturated rings. The van der Waals surface area contributed by atoms with Crippen LogP contribution in [0.2, 0.25) is 0 Å². The molecule has 4 heteroatoms. The van der Waals surface area contributed by atoms with Crippen molar-refractivity contribution in [2.24, 2.45) is 7.05 Å². The fraction of sp³-hybridized carbons (Fsp3) is 0.357. The Morgan fingerprint density at radius 3 is 2.72 bits per heavy atom. The highest BCUT2D eigenvalue weighted by molar-refractivity contribution is 6.21. The van der Waals surface area contributed by atoms with Gasteiger partial charge >= 0.3 is 0 Å². The Balaban J connectivity index is 1.71. The van der Waals surface area contributed by atoms with Crippen LogP contribution in [0.4, 0.5) is 0 Å². The summed E-state index contributed by atoms with van der Waals surface area (Å²) >= 11 is 6.32. The highest BCUT2D eigenvalue weighted by atomic mass is 35.5. The molecule has 1 aromatic carbocycles. The van der Waals surface area contributed by atoms with Gasteiger partial charge in [0.05, 0.1) is 5.38 Å². The van der Waals surface area contributed by atoms with Crippen LogP contribution in [-0.4, -0.2) is 22.9 Å². The van der Waals surface area contributed by atoms with E-state index in [4.69, 9.17) is 11.6 Å². The summed E-state index contributed by atoms with van der Waals surface area (Å²) in [6.07, 6.45) is 2.79. The van der Waals surface area contributed by atoms with Crippen molar-refractivity contribution in [3.63, 3.8) is 0 Å². The molecule has 1 atom stereocenters. The lowest BCUT2D eigenvalue weighted by Crippen LogP contribution is -2.22. The Morgan fingerprint density at radius 1 is 1.28 bits per heavy atom. The van der Waals surface area contributed by atoms with Crippen molar-refractivity contribution in [1.82, 2.24) is 15.1 Å². The fourth-order valence-corrected chi connectivity index (χ4v) is 2.13. The maximum Gasteiger partial charge on any atom is 0.0709 e. The average Bonchev–Trinajstić information content (AvgIpc) is 2.81. The predicted molar refractivity (Wildman–Crippen MR) is 74.8 cm³/mol. The maximum absolute atomic E-state index is 6.32. The Bertz CT molecular complexity index is 467. The van der Waals surface area contributed by atoms with Crippen molar-refractivity contribution in [1.29, 1.82) is 0 Å². The highest BCUT2D eigenvalue weighted by Gasteiger charge is 2.06. The molecule has 2 aromatic rings. The van der Waals surface area contributed by atoms with Crippen molar-refractivity contribution in [3.8, 4) is 0 Å². The second-order valence-electron chi connectivity index (χ2n) is 4.28. The average molecular weight is 264 g/mol. The summed E-state index contributed by atoms with van der Waals surface area (Å²) in [5, 5.41) is 7.54. The third-order valence-corrected chi connectivity index (χ3v) is 3.37.